The Hall–Kier alpha value is 1.00. The predicted molar refractivity (Wildman–Crippen MR) is 86.3 cm³/mol. The fourth-order valence-corrected chi connectivity index (χ4v) is 20.7. The highest BCUT2D eigenvalue weighted by molar-refractivity contribution is 8.05. The van der Waals surface area contributed by atoms with E-state index in [1.54, 1.807) is 0 Å². The van der Waals surface area contributed by atoms with Crippen LogP contribution in [0, 0.1) is 0 Å². The highest BCUT2D eigenvalue weighted by Crippen LogP contribution is 2.32. The van der Waals surface area contributed by atoms with E-state index >= 15 is 0 Å². The first-order valence-corrected chi connectivity index (χ1v) is 17.9. The van der Waals surface area contributed by atoms with Gasteiger partial charge in [-0.1, -0.05) is 58.9 Å². The normalized spacial score (nSPS) is 14.8. The van der Waals surface area contributed by atoms with Gasteiger partial charge in [0.2, 0.25) is 0 Å². The molecule has 0 spiro atoms. The van der Waals surface area contributed by atoms with Gasteiger partial charge in [0.1, 0.15) is 0 Å². The lowest BCUT2D eigenvalue weighted by Crippen LogP contribution is -2.52. The summed E-state index contributed by atoms with van der Waals surface area (Å²) in [5.41, 5.74) is 0. The average Bonchev–Trinajstić information content (AvgIpc) is 1.75. The summed E-state index contributed by atoms with van der Waals surface area (Å²) >= 11 is 2.33. The second-order valence-electron chi connectivity index (χ2n) is 7.98. The predicted octanol–water partition coefficient (Wildman–Crippen LogP) is 4.72. The molecule has 15 heavy (non-hydrogen) atoms. The molecule has 0 atom stereocenters. The van der Waals surface area contributed by atoms with E-state index < -0.39 is 24.2 Å². The maximum atomic E-state index is 2.55. The van der Waals surface area contributed by atoms with Crippen LogP contribution in [0.25, 0.3) is 0 Å². The van der Waals surface area contributed by atoms with E-state index in [4.69, 9.17) is 0 Å². The molecule has 0 saturated carbocycles. The molecule has 0 amide bonds. The fourth-order valence-electron chi connectivity index (χ4n) is 2.13. The summed E-state index contributed by atoms with van der Waals surface area (Å²) in [6, 6.07) is 0. The van der Waals surface area contributed by atoms with E-state index in [0.29, 0.717) is 0 Å². The van der Waals surface area contributed by atoms with E-state index in [9.17, 15) is 0 Å². The van der Waals surface area contributed by atoms with Crippen LogP contribution in [0.2, 0.25) is 58.9 Å². The molecule has 0 N–H and O–H groups in total. The van der Waals surface area contributed by atoms with Gasteiger partial charge in [-0.05, 0) is 9.87 Å². The molecule has 0 heterocycles. The molecule has 0 radical (unpaired) electrons. The highest BCUT2D eigenvalue weighted by Gasteiger charge is 2.38. The zero-order valence-corrected chi connectivity index (χ0v) is 16.0. The first kappa shape index (κ1) is 16.0. The maximum absolute atomic E-state index is 2.55. The maximum Gasteiger partial charge on any atom is 0.0554 e. The second-order valence-corrected chi connectivity index (χ2v) is 27.1. The van der Waals surface area contributed by atoms with Crippen LogP contribution >= 0.6 is 11.8 Å². The third-order valence-corrected chi connectivity index (χ3v) is 20.3. The van der Waals surface area contributed by atoms with Crippen molar-refractivity contribution in [3.05, 3.63) is 0 Å². The van der Waals surface area contributed by atoms with Crippen molar-refractivity contribution < 1.29 is 0 Å². The molecule has 0 nitrogen and oxygen atoms in total. The van der Waals surface area contributed by atoms with Gasteiger partial charge < -0.3 is 0 Å². The van der Waals surface area contributed by atoms with Gasteiger partial charge in [-0.2, -0.15) is 11.8 Å². The van der Waals surface area contributed by atoms with E-state index in [0.717, 1.165) is 4.50 Å². The average molecular weight is 279 g/mol. The molecular weight excluding hydrogens is 248 g/mol. The van der Waals surface area contributed by atoms with Crippen molar-refractivity contribution >= 4 is 36.0 Å². The molecule has 0 bridgehead atoms. The quantitative estimate of drug-likeness (QED) is 0.656. The van der Waals surface area contributed by atoms with Crippen LogP contribution in [-0.4, -0.2) is 34.1 Å². The zero-order chi connectivity index (χ0) is 12.5. The summed E-state index contributed by atoms with van der Waals surface area (Å²) in [5.74, 6) is 0. The van der Waals surface area contributed by atoms with E-state index in [1.807, 2.05) is 0 Å². The number of thioether (sulfide) groups is 1. The minimum Gasteiger partial charge on any atom is -0.168 e. The van der Waals surface area contributed by atoms with Gasteiger partial charge in [-0.15, -0.1) is 0 Å². The molecule has 0 aliphatic carbocycles. The van der Waals surface area contributed by atoms with Crippen LogP contribution in [0.5, 0.6) is 0 Å². The van der Waals surface area contributed by atoms with Gasteiger partial charge in [-0.3, -0.25) is 0 Å². The van der Waals surface area contributed by atoms with Gasteiger partial charge in [0, 0.05) is 0 Å². The van der Waals surface area contributed by atoms with Crippen LogP contribution in [0.15, 0.2) is 0 Å². The molecule has 0 aromatic heterocycles. The van der Waals surface area contributed by atoms with E-state index in [1.165, 1.54) is 5.38 Å². The first-order valence-electron chi connectivity index (χ1n) is 5.96. The Morgan fingerprint density at radius 1 is 0.733 bits per heavy atom. The lowest BCUT2D eigenvalue weighted by Gasteiger charge is -2.39. The van der Waals surface area contributed by atoms with Crippen molar-refractivity contribution in [1.29, 1.82) is 0 Å². The molecule has 0 aliphatic heterocycles. The summed E-state index contributed by atoms with van der Waals surface area (Å²) in [5, 5.41) is 1.45. The SMILES string of the molecule is C[Si](C)(C)CSC([Si](C)(C)C)[Si](C)(C)C. The Morgan fingerprint density at radius 3 is 1.27 bits per heavy atom. The van der Waals surface area contributed by atoms with Crippen molar-refractivity contribution in [2.45, 2.75) is 63.4 Å². The van der Waals surface area contributed by atoms with Gasteiger partial charge in [-0.25, -0.2) is 0 Å². The van der Waals surface area contributed by atoms with E-state index in [-0.39, 0.29) is 0 Å². The van der Waals surface area contributed by atoms with Crippen molar-refractivity contribution in [3.8, 4) is 0 Å². The number of hydrogen-bond donors (Lipinski definition) is 0. The van der Waals surface area contributed by atoms with Gasteiger partial charge >= 0.3 is 0 Å². The largest absolute Gasteiger partial charge is 0.168 e. The lowest BCUT2D eigenvalue weighted by molar-refractivity contribution is 1.46. The van der Waals surface area contributed by atoms with Gasteiger partial charge in [0.25, 0.3) is 0 Å². The van der Waals surface area contributed by atoms with Crippen LogP contribution < -0.4 is 0 Å². The lowest BCUT2D eigenvalue weighted by atomic mass is 11.7. The molecule has 4 heteroatoms. The minimum atomic E-state index is -0.975. The Balaban J connectivity index is 4.56. The van der Waals surface area contributed by atoms with Crippen LogP contribution in [-0.2, 0) is 0 Å². The standard InChI is InChI=1S/C11H30SSi3/c1-13(2,3)10-12-11(14(4,5)6)15(7,8)9/h11H,10H2,1-9H3. The monoisotopic (exact) mass is 278 g/mol. The Bertz CT molecular complexity index is 181. The minimum absolute atomic E-state index is 0.870. The third kappa shape index (κ3) is 7.02. The number of hydrogen-bond acceptors (Lipinski definition) is 1. The topological polar surface area (TPSA) is 0 Å². The molecule has 0 aromatic rings. The van der Waals surface area contributed by atoms with Crippen molar-refractivity contribution in [2.24, 2.45) is 0 Å². The zero-order valence-electron chi connectivity index (χ0n) is 12.2. The van der Waals surface area contributed by atoms with Crippen molar-refractivity contribution in [1.82, 2.24) is 0 Å². The summed E-state index contributed by atoms with van der Waals surface area (Å²) in [4.78, 5) is 0. The fraction of sp³-hybridized carbons (Fsp3) is 1.00. The smallest absolute Gasteiger partial charge is 0.0554 e. The molecule has 0 rings (SSSR count). The number of rotatable bonds is 5. The third-order valence-electron chi connectivity index (χ3n) is 2.26. The van der Waals surface area contributed by atoms with Crippen LogP contribution in [0.1, 0.15) is 0 Å². The Kier molecular flexibility index (Phi) is 5.45. The molecule has 0 saturated heterocycles. The van der Waals surface area contributed by atoms with Gasteiger partial charge in [0.05, 0.1) is 24.2 Å². The van der Waals surface area contributed by atoms with E-state index in [2.05, 4.69) is 70.7 Å². The molecule has 0 fully saturated rings. The molecule has 0 aromatic carbocycles. The Labute approximate surface area is 105 Å². The van der Waals surface area contributed by atoms with Crippen molar-refractivity contribution in [3.63, 3.8) is 0 Å². The molecule has 92 valence electrons. The summed E-state index contributed by atoms with van der Waals surface area (Å²) < 4.78 is 1.02. The molecule has 0 unspecified atom stereocenters. The molecular formula is C11H30SSi3. The summed E-state index contributed by atoms with van der Waals surface area (Å²) in [7, 11) is -2.82. The van der Waals surface area contributed by atoms with Gasteiger partial charge in [0.15, 0.2) is 0 Å². The van der Waals surface area contributed by atoms with Crippen LogP contribution in [0.4, 0.5) is 0 Å². The first-order chi connectivity index (χ1) is 6.34. The van der Waals surface area contributed by atoms with Crippen LogP contribution in [0.3, 0.4) is 0 Å². The Morgan fingerprint density at radius 2 is 1.07 bits per heavy atom. The molecule has 0 aliphatic rings. The summed E-state index contributed by atoms with van der Waals surface area (Å²) in [6.45, 7) is 22.8. The summed E-state index contributed by atoms with van der Waals surface area (Å²) in [6.07, 6.45) is 0. The van der Waals surface area contributed by atoms with Crippen molar-refractivity contribution in [2.75, 3.05) is 5.38 Å². The second kappa shape index (κ2) is 5.10. The highest BCUT2D eigenvalue weighted by atomic mass is 32.2.